The van der Waals surface area contributed by atoms with Crippen LogP contribution in [-0.2, 0) is 9.53 Å². The van der Waals surface area contributed by atoms with Gasteiger partial charge in [0.15, 0.2) is 5.89 Å². The van der Waals surface area contributed by atoms with Crippen molar-refractivity contribution in [1.82, 2.24) is 15.8 Å². The van der Waals surface area contributed by atoms with Gasteiger partial charge in [-0.15, -0.1) is 0 Å². The molecule has 0 radical (unpaired) electrons. The fraction of sp³-hybridized carbons (Fsp3) is 0.615. The second-order valence-electron chi connectivity index (χ2n) is 5.43. The summed E-state index contributed by atoms with van der Waals surface area (Å²) in [5.41, 5.74) is 3.82. The number of amides is 2. The van der Waals surface area contributed by atoms with Gasteiger partial charge in [-0.2, -0.15) is 0 Å². The molecule has 7 heteroatoms. The Balaban J connectivity index is 1.54. The van der Waals surface area contributed by atoms with Crippen LogP contribution in [0.15, 0.2) is 10.6 Å². The van der Waals surface area contributed by atoms with Crippen LogP contribution in [0.25, 0.3) is 0 Å². The van der Waals surface area contributed by atoms with Gasteiger partial charge < -0.3 is 9.15 Å². The molecule has 7 nitrogen and oxygen atoms in total. The van der Waals surface area contributed by atoms with E-state index in [1.807, 2.05) is 0 Å². The van der Waals surface area contributed by atoms with E-state index in [4.69, 9.17) is 9.15 Å². The fourth-order valence-electron chi connectivity index (χ4n) is 2.18. The van der Waals surface area contributed by atoms with Crippen LogP contribution in [0.1, 0.15) is 55.0 Å². The lowest BCUT2D eigenvalue weighted by Crippen LogP contribution is -2.51. The molecule has 1 aliphatic heterocycles. The first-order valence-corrected chi connectivity index (χ1v) is 6.79. The summed E-state index contributed by atoms with van der Waals surface area (Å²) in [6.45, 7) is 2.27. The van der Waals surface area contributed by atoms with E-state index < -0.39 is 11.5 Å². The van der Waals surface area contributed by atoms with Crippen molar-refractivity contribution in [3.05, 3.63) is 17.8 Å². The highest BCUT2D eigenvalue weighted by Crippen LogP contribution is 2.39. The summed E-state index contributed by atoms with van der Waals surface area (Å²) in [6.07, 6.45) is 4.96. The Morgan fingerprint density at radius 1 is 1.40 bits per heavy atom. The van der Waals surface area contributed by atoms with Crippen LogP contribution in [0.4, 0.5) is 0 Å². The van der Waals surface area contributed by atoms with E-state index in [0.29, 0.717) is 24.8 Å². The van der Waals surface area contributed by atoms with Gasteiger partial charge in [-0.1, -0.05) is 0 Å². The van der Waals surface area contributed by atoms with Crippen molar-refractivity contribution in [2.24, 2.45) is 0 Å². The van der Waals surface area contributed by atoms with Crippen molar-refractivity contribution in [2.75, 3.05) is 6.61 Å². The first-order valence-electron chi connectivity index (χ1n) is 6.79. The number of carbonyl (C=O) groups is 2. The molecule has 1 unspecified atom stereocenters. The zero-order chi connectivity index (χ0) is 14.2. The van der Waals surface area contributed by atoms with E-state index in [1.54, 1.807) is 6.92 Å². The molecular weight excluding hydrogens is 262 g/mol. The molecule has 1 saturated carbocycles. The largest absolute Gasteiger partial charge is 0.435 e. The number of oxazole rings is 1. The fourth-order valence-corrected chi connectivity index (χ4v) is 2.18. The van der Waals surface area contributed by atoms with Crippen LogP contribution >= 0.6 is 0 Å². The van der Waals surface area contributed by atoms with Gasteiger partial charge >= 0.3 is 5.91 Å². The Labute approximate surface area is 116 Å². The molecule has 2 aliphatic rings. The number of hydrazine groups is 1. The highest BCUT2D eigenvalue weighted by molar-refractivity contribution is 5.94. The predicted octanol–water partition coefficient (Wildman–Crippen LogP) is 0.882. The van der Waals surface area contributed by atoms with Gasteiger partial charge in [0, 0.05) is 12.5 Å². The third kappa shape index (κ3) is 2.53. The average Bonchev–Trinajstić information content (AvgIpc) is 3.00. The monoisotopic (exact) mass is 279 g/mol. The zero-order valence-electron chi connectivity index (χ0n) is 11.3. The van der Waals surface area contributed by atoms with Gasteiger partial charge in [0.2, 0.25) is 5.76 Å². The lowest BCUT2D eigenvalue weighted by molar-refractivity contribution is -0.140. The quantitative estimate of drug-likeness (QED) is 0.801. The summed E-state index contributed by atoms with van der Waals surface area (Å²) in [7, 11) is 0. The Morgan fingerprint density at radius 2 is 2.20 bits per heavy atom. The maximum Gasteiger partial charge on any atom is 0.307 e. The minimum atomic E-state index is -0.867. The lowest BCUT2D eigenvalue weighted by atomic mass is 10.0. The van der Waals surface area contributed by atoms with Crippen LogP contribution in [0.2, 0.25) is 0 Å². The molecule has 2 fully saturated rings. The van der Waals surface area contributed by atoms with Crippen LogP contribution < -0.4 is 10.9 Å². The second-order valence-corrected chi connectivity index (χ2v) is 5.43. The number of aromatic nitrogens is 1. The normalized spacial score (nSPS) is 25.4. The number of nitrogens with one attached hydrogen (secondary N) is 2. The molecule has 0 bridgehead atoms. The number of rotatable bonds is 3. The van der Waals surface area contributed by atoms with Crippen molar-refractivity contribution in [1.29, 1.82) is 0 Å². The third-order valence-corrected chi connectivity index (χ3v) is 3.66. The van der Waals surface area contributed by atoms with Crippen molar-refractivity contribution in [3.63, 3.8) is 0 Å². The first-order chi connectivity index (χ1) is 9.58. The highest BCUT2D eigenvalue weighted by Gasteiger charge is 2.38. The standard InChI is InChI=1S/C13H17N3O4/c1-13(5-2-6-19-13)12(18)16-15-10(17)9-7-14-11(20-9)8-3-4-8/h7-8H,2-6H2,1H3,(H,15,17)(H,16,18). The first kappa shape index (κ1) is 13.1. The van der Waals surface area contributed by atoms with E-state index in [-0.39, 0.29) is 11.7 Å². The molecule has 2 amide bonds. The van der Waals surface area contributed by atoms with Crippen LogP contribution in [0.3, 0.4) is 0 Å². The van der Waals surface area contributed by atoms with Gasteiger partial charge in [0.05, 0.1) is 6.20 Å². The van der Waals surface area contributed by atoms with Gasteiger partial charge in [-0.3, -0.25) is 20.4 Å². The number of ether oxygens (including phenoxy) is 1. The van der Waals surface area contributed by atoms with E-state index in [9.17, 15) is 9.59 Å². The zero-order valence-corrected chi connectivity index (χ0v) is 11.3. The molecule has 1 aromatic heterocycles. The number of carbonyl (C=O) groups excluding carboxylic acids is 2. The molecule has 1 saturated heterocycles. The topological polar surface area (TPSA) is 93.5 Å². The summed E-state index contributed by atoms with van der Waals surface area (Å²) < 4.78 is 10.7. The summed E-state index contributed by atoms with van der Waals surface area (Å²) in [5, 5.41) is 0. The van der Waals surface area contributed by atoms with Gasteiger partial charge in [-0.05, 0) is 32.6 Å². The molecular formula is C13H17N3O4. The number of hydrogen-bond donors (Lipinski definition) is 2. The molecule has 1 aromatic rings. The summed E-state index contributed by atoms with van der Waals surface area (Å²) >= 11 is 0. The Bertz CT molecular complexity index is 529. The molecule has 108 valence electrons. The number of nitrogens with zero attached hydrogens (tertiary/aromatic N) is 1. The van der Waals surface area contributed by atoms with Crippen molar-refractivity contribution < 1.29 is 18.7 Å². The van der Waals surface area contributed by atoms with E-state index in [2.05, 4.69) is 15.8 Å². The molecule has 1 atom stereocenters. The lowest BCUT2D eigenvalue weighted by Gasteiger charge is -2.21. The van der Waals surface area contributed by atoms with E-state index >= 15 is 0 Å². The van der Waals surface area contributed by atoms with E-state index in [0.717, 1.165) is 19.3 Å². The SMILES string of the molecule is CC1(C(=O)NNC(=O)c2cnc(C3CC3)o2)CCCO1. The maximum absolute atomic E-state index is 11.9. The van der Waals surface area contributed by atoms with Crippen molar-refractivity contribution >= 4 is 11.8 Å². The second kappa shape index (κ2) is 4.90. The molecule has 0 aromatic carbocycles. The molecule has 3 rings (SSSR count). The van der Waals surface area contributed by atoms with E-state index in [1.165, 1.54) is 6.20 Å². The summed E-state index contributed by atoms with van der Waals surface area (Å²) in [4.78, 5) is 27.8. The molecule has 2 N–H and O–H groups in total. The summed E-state index contributed by atoms with van der Waals surface area (Å²) in [6, 6.07) is 0. The van der Waals surface area contributed by atoms with Crippen molar-refractivity contribution in [3.8, 4) is 0 Å². The predicted molar refractivity (Wildman–Crippen MR) is 67.7 cm³/mol. The Hall–Kier alpha value is -1.89. The minimum absolute atomic E-state index is 0.102. The number of hydrogen-bond acceptors (Lipinski definition) is 5. The molecule has 20 heavy (non-hydrogen) atoms. The molecule has 2 heterocycles. The Kier molecular flexibility index (Phi) is 3.21. The Morgan fingerprint density at radius 3 is 2.85 bits per heavy atom. The van der Waals surface area contributed by atoms with Gasteiger partial charge in [-0.25, -0.2) is 4.98 Å². The average molecular weight is 279 g/mol. The summed E-state index contributed by atoms with van der Waals surface area (Å²) in [5.74, 6) is 0.166. The minimum Gasteiger partial charge on any atom is -0.435 e. The van der Waals surface area contributed by atoms with Crippen LogP contribution in [0, 0.1) is 0 Å². The molecule has 1 aliphatic carbocycles. The van der Waals surface area contributed by atoms with Gasteiger partial charge in [0.1, 0.15) is 5.60 Å². The highest BCUT2D eigenvalue weighted by atomic mass is 16.5. The third-order valence-electron chi connectivity index (χ3n) is 3.66. The molecule has 0 spiro atoms. The maximum atomic E-state index is 11.9. The van der Waals surface area contributed by atoms with Gasteiger partial charge in [0.25, 0.3) is 5.91 Å². The smallest absolute Gasteiger partial charge is 0.307 e. The van der Waals surface area contributed by atoms with Crippen LogP contribution in [-0.4, -0.2) is 29.0 Å². The van der Waals surface area contributed by atoms with Crippen molar-refractivity contribution in [2.45, 2.75) is 44.1 Å². The van der Waals surface area contributed by atoms with Crippen LogP contribution in [0.5, 0.6) is 0 Å².